The molecule has 0 radical (unpaired) electrons. The molecule has 7 nitrogen and oxygen atoms in total. The Bertz CT molecular complexity index is 637. The molecule has 0 unspecified atom stereocenters. The lowest BCUT2D eigenvalue weighted by Gasteiger charge is -2.06. The molecule has 0 fully saturated rings. The highest BCUT2D eigenvalue weighted by molar-refractivity contribution is 7.90. The Morgan fingerprint density at radius 2 is 1.56 bits per heavy atom. The van der Waals surface area contributed by atoms with Gasteiger partial charge in [-0.3, -0.25) is 0 Å². The number of nitrogens with two attached hydrogens (primary N) is 2. The molecule has 0 heterocycles. The van der Waals surface area contributed by atoms with E-state index in [1.807, 2.05) is 0 Å². The van der Waals surface area contributed by atoms with Crippen molar-refractivity contribution in [3.8, 4) is 5.75 Å². The molecule has 90 valence electrons. The maximum atomic E-state index is 11.0. The number of sulfonamides is 2. The van der Waals surface area contributed by atoms with Gasteiger partial charge >= 0.3 is 0 Å². The molecular formula is C6H7ClN2O5S2. The maximum Gasteiger partial charge on any atom is 0.239 e. The van der Waals surface area contributed by atoms with Crippen molar-refractivity contribution in [2.24, 2.45) is 10.3 Å². The van der Waals surface area contributed by atoms with Crippen molar-refractivity contribution in [1.29, 1.82) is 0 Å². The largest absolute Gasteiger partial charge is 0.506 e. The molecule has 0 amide bonds. The maximum absolute atomic E-state index is 11.0. The SMILES string of the molecule is NS(=O)(=O)c1cc(O)c(Cl)c(S(N)(=O)=O)c1. The molecule has 0 saturated heterocycles. The second-order valence-electron chi connectivity index (χ2n) is 2.84. The lowest BCUT2D eigenvalue weighted by molar-refractivity contribution is 0.471. The molecular weight excluding hydrogens is 280 g/mol. The highest BCUT2D eigenvalue weighted by Crippen LogP contribution is 2.32. The van der Waals surface area contributed by atoms with Crippen molar-refractivity contribution in [2.75, 3.05) is 0 Å². The van der Waals surface area contributed by atoms with E-state index in [9.17, 15) is 21.9 Å². The van der Waals surface area contributed by atoms with Crippen LogP contribution >= 0.6 is 11.6 Å². The number of hydrogen-bond acceptors (Lipinski definition) is 5. The van der Waals surface area contributed by atoms with E-state index in [1.165, 1.54) is 0 Å². The third-order valence-corrected chi connectivity index (χ3v) is 3.97. The molecule has 0 aliphatic carbocycles. The van der Waals surface area contributed by atoms with Gasteiger partial charge in [-0.15, -0.1) is 0 Å². The molecule has 0 aliphatic rings. The summed E-state index contributed by atoms with van der Waals surface area (Å²) < 4.78 is 44.0. The van der Waals surface area contributed by atoms with Crippen molar-refractivity contribution in [2.45, 2.75) is 9.79 Å². The van der Waals surface area contributed by atoms with Crippen molar-refractivity contribution in [1.82, 2.24) is 0 Å². The summed E-state index contributed by atoms with van der Waals surface area (Å²) >= 11 is 5.46. The lowest BCUT2D eigenvalue weighted by Crippen LogP contribution is -2.16. The molecule has 0 aliphatic heterocycles. The van der Waals surface area contributed by atoms with E-state index in [0.29, 0.717) is 6.07 Å². The summed E-state index contributed by atoms with van der Waals surface area (Å²) in [5.74, 6) is -0.739. The smallest absolute Gasteiger partial charge is 0.239 e. The number of phenolic OH excluding ortho intramolecular Hbond substituents is 1. The average Bonchev–Trinajstić information content (AvgIpc) is 2.05. The van der Waals surface area contributed by atoms with Crippen LogP contribution in [0.2, 0.25) is 5.02 Å². The Kier molecular flexibility index (Phi) is 3.18. The lowest BCUT2D eigenvalue weighted by atomic mass is 10.3. The number of halogens is 1. The number of hydrogen-bond donors (Lipinski definition) is 3. The van der Waals surface area contributed by atoms with Crippen LogP contribution in [0.25, 0.3) is 0 Å². The zero-order chi connectivity index (χ0) is 12.7. The summed E-state index contributed by atoms with van der Waals surface area (Å²) in [6, 6.07) is 1.40. The minimum absolute atomic E-state index is 0.560. The average molecular weight is 287 g/mol. The molecule has 0 saturated carbocycles. The Balaban J connectivity index is 3.72. The first-order valence-electron chi connectivity index (χ1n) is 3.61. The van der Waals surface area contributed by atoms with Gasteiger partial charge in [-0.05, 0) is 6.07 Å². The highest BCUT2D eigenvalue weighted by Gasteiger charge is 2.21. The molecule has 1 rings (SSSR count). The fourth-order valence-corrected chi connectivity index (χ4v) is 2.64. The first-order valence-corrected chi connectivity index (χ1v) is 7.08. The van der Waals surface area contributed by atoms with Crippen LogP contribution in [0.4, 0.5) is 0 Å². The van der Waals surface area contributed by atoms with Gasteiger partial charge in [-0.2, -0.15) is 0 Å². The van der Waals surface area contributed by atoms with Gasteiger partial charge < -0.3 is 5.11 Å². The number of primary sulfonamides is 2. The third-order valence-electron chi connectivity index (χ3n) is 1.63. The Morgan fingerprint density at radius 3 is 1.94 bits per heavy atom. The van der Waals surface area contributed by atoms with E-state index < -0.39 is 40.6 Å². The predicted molar refractivity (Wildman–Crippen MR) is 55.9 cm³/mol. The van der Waals surface area contributed by atoms with Crippen molar-refractivity contribution >= 4 is 31.6 Å². The number of aromatic hydroxyl groups is 1. The molecule has 0 aromatic heterocycles. The number of rotatable bonds is 2. The zero-order valence-electron chi connectivity index (χ0n) is 7.58. The van der Waals surface area contributed by atoms with Gasteiger partial charge in [-0.1, -0.05) is 11.6 Å². The molecule has 1 aromatic rings. The van der Waals surface area contributed by atoms with Gasteiger partial charge in [-0.25, -0.2) is 27.1 Å². The topological polar surface area (TPSA) is 141 Å². The number of phenols is 1. The molecule has 16 heavy (non-hydrogen) atoms. The van der Waals surface area contributed by atoms with E-state index in [2.05, 4.69) is 0 Å². The molecule has 5 N–H and O–H groups in total. The summed E-state index contributed by atoms with van der Waals surface area (Å²) in [6.45, 7) is 0. The second-order valence-corrected chi connectivity index (χ2v) is 6.31. The van der Waals surface area contributed by atoms with E-state index in [-0.39, 0.29) is 0 Å². The Labute approximate surface area is 96.7 Å². The fraction of sp³-hybridized carbons (Fsp3) is 0. The van der Waals surface area contributed by atoms with Crippen LogP contribution in [0.5, 0.6) is 5.75 Å². The normalized spacial score (nSPS) is 12.7. The Hall–Kier alpha value is -0.870. The molecule has 0 bridgehead atoms. The fourth-order valence-electron chi connectivity index (χ4n) is 0.930. The second kappa shape index (κ2) is 3.86. The zero-order valence-corrected chi connectivity index (χ0v) is 9.97. The van der Waals surface area contributed by atoms with Gasteiger partial charge in [0.25, 0.3) is 0 Å². The van der Waals surface area contributed by atoms with Crippen LogP contribution in [0.15, 0.2) is 21.9 Å². The van der Waals surface area contributed by atoms with Crippen molar-refractivity contribution in [3.05, 3.63) is 17.2 Å². The van der Waals surface area contributed by atoms with Gasteiger partial charge in [0.15, 0.2) is 0 Å². The monoisotopic (exact) mass is 286 g/mol. The molecule has 0 spiro atoms. The first-order chi connectivity index (χ1) is 7.03. The minimum Gasteiger partial charge on any atom is -0.506 e. The van der Waals surface area contributed by atoms with E-state index >= 15 is 0 Å². The van der Waals surface area contributed by atoms with Crippen LogP contribution < -0.4 is 10.3 Å². The molecule has 10 heteroatoms. The first kappa shape index (κ1) is 13.2. The number of benzene rings is 1. The summed E-state index contributed by atoms with van der Waals surface area (Å²) in [6.07, 6.45) is 0. The summed E-state index contributed by atoms with van der Waals surface area (Å²) in [5.41, 5.74) is 0. The van der Waals surface area contributed by atoms with Gasteiger partial charge in [0.1, 0.15) is 15.7 Å². The summed E-state index contributed by atoms with van der Waals surface area (Å²) in [4.78, 5) is -1.31. The summed E-state index contributed by atoms with van der Waals surface area (Å²) in [7, 11) is -8.41. The van der Waals surface area contributed by atoms with Crippen molar-refractivity contribution in [3.63, 3.8) is 0 Å². The van der Waals surface area contributed by atoms with Crippen LogP contribution in [-0.4, -0.2) is 21.9 Å². The van der Waals surface area contributed by atoms with Crippen molar-refractivity contribution < 1.29 is 21.9 Å². The third kappa shape index (κ3) is 2.62. The Morgan fingerprint density at radius 1 is 1.06 bits per heavy atom. The predicted octanol–water partition coefficient (Wildman–Crippen LogP) is -0.660. The molecule has 0 atom stereocenters. The van der Waals surface area contributed by atoms with E-state index in [1.54, 1.807) is 0 Å². The van der Waals surface area contributed by atoms with E-state index in [4.69, 9.17) is 21.9 Å². The van der Waals surface area contributed by atoms with Crippen LogP contribution in [0.1, 0.15) is 0 Å². The minimum atomic E-state index is -4.25. The molecule has 1 aromatic carbocycles. The van der Waals surface area contributed by atoms with Gasteiger partial charge in [0.05, 0.1) is 4.90 Å². The van der Waals surface area contributed by atoms with E-state index in [0.717, 1.165) is 6.07 Å². The van der Waals surface area contributed by atoms with Crippen LogP contribution in [-0.2, 0) is 20.0 Å². The van der Waals surface area contributed by atoms with Gasteiger partial charge in [0, 0.05) is 6.07 Å². The quantitative estimate of drug-likeness (QED) is 0.662. The van der Waals surface area contributed by atoms with Crippen LogP contribution in [0.3, 0.4) is 0 Å². The van der Waals surface area contributed by atoms with Crippen LogP contribution in [0, 0.1) is 0 Å². The van der Waals surface area contributed by atoms with Gasteiger partial charge in [0.2, 0.25) is 20.0 Å². The standard InChI is InChI=1S/C6H7ClN2O5S2/c7-6-4(10)1-3(15(8,11)12)2-5(6)16(9,13)14/h1-2,10H,(H2,8,11,12)(H2,9,13,14). The summed E-state index contributed by atoms with van der Waals surface area (Å²) in [5, 5.41) is 18.2. The highest BCUT2D eigenvalue weighted by atomic mass is 35.5.